The van der Waals surface area contributed by atoms with Gasteiger partial charge in [-0.1, -0.05) is 6.08 Å². The minimum Gasteiger partial charge on any atom is -0.355 e. The summed E-state index contributed by atoms with van der Waals surface area (Å²) in [5, 5.41) is 5.74. The number of hydrogen-bond donors (Lipinski definition) is 2. The highest BCUT2D eigenvalue weighted by atomic mass is 16.1. The average Bonchev–Trinajstić information content (AvgIpc) is 2.61. The fraction of sp³-hybridized carbons (Fsp3) is 0.500. The van der Waals surface area contributed by atoms with E-state index >= 15 is 0 Å². The van der Waals surface area contributed by atoms with Crippen molar-refractivity contribution in [2.45, 2.75) is 26.2 Å². The van der Waals surface area contributed by atoms with Crippen LogP contribution in [-0.4, -0.2) is 49.3 Å². The van der Waals surface area contributed by atoms with Gasteiger partial charge in [0.05, 0.1) is 11.9 Å². The Balaban J connectivity index is 2.35. The second kappa shape index (κ2) is 8.26. The van der Waals surface area contributed by atoms with Crippen LogP contribution in [0.2, 0.25) is 0 Å². The number of nitrogens with one attached hydrogen (secondary N) is 2. The monoisotopic (exact) mass is 316 g/mol. The summed E-state index contributed by atoms with van der Waals surface area (Å²) < 4.78 is 0. The third-order valence-corrected chi connectivity index (χ3v) is 3.72. The van der Waals surface area contributed by atoms with Gasteiger partial charge in [-0.25, -0.2) is 9.97 Å². The zero-order valence-corrected chi connectivity index (χ0v) is 14.0. The van der Waals surface area contributed by atoms with E-state index < -0.39 is 0 Å². The zero-order valence-electron chi connectivity index (χ0n) is 14.0. The van der Waals surface area contributed by atoms with Crippen molar-refractivity contribution in [2.24, 2.45) is 4.99 Å². The van der Waals surface area contributed by atoms with E-state index in [1.165, 1.54) is 6.42 Å². The van der Waals surface area contributed by atoms with Crippen molar-refractivity contribution in [3.05, 3.63) is 23.7 Å². The molecule has 0 aliphatic carbocycles. The molecule has 2 N–H and O–H groups in total. The van der Waals surface area contributed by atoms with Gasteiger partial charge in [-0.3, -0.25) is 9.79 Å². The van der Waals surface area contributed by atoms with Crippen molar-refractivity contribution in [2.75, 3.05) is 37.4 Å². The van der Waals surface area contributed by atoms with E-state index in [1.807, 2.05) is 13.0 Å². The SMILES string of the molecule is C/C=C(\C=NC)Nc1nc(N2CCCCC2)cnc1C(=O)NC. The van der Waals surface area contributed by atoms with E-state index in [2.05, 4.69) is 30.5 Å². The highest BCUT2D eigenvalue weighted by molar-refractivity contribution is 5.98. The number of rotatable bonds is 5. The van der Waals surface area contributed by atoms with Gasteiger partial charge in [0, 0.05) is 33.4 Å². The number of amides is 1. The van der Waals surface area contributed by atoms with Crippen LogP contribution in [0.5, 0.6) is 0 Å². The smallest absolute Gasteiger partial charge is 0.273 e. The minimum atomic E-state index is -0.269. The lowest BCUT2D eigenvalue weighted by Gasteiger charge is -2.28. The molecule has 1 amide bonds. The van der Waals surface area contributed by atoms with Crippen LogP contribution >= 0.6 is 0 Å². The molecule has 1 aliphatic rings. The molecule has 23 heavy (non-hydrogen) atoms. The van der Waals surface area contributed by atoms with Crippen LogP contribution in [-0.2, 0) is 0 Å². The summed E-state index contributed by atoms with van der Waals surface area (Å²) in [6.45, 7) is 3.84. The maximum Gasteiger partial charge on any atom is 0.273 e. The Morgan fingerprint density at radius 3 is 2.70 bits per heavy atom. The molecular formula is C16H24N6O. The molecule has 1 aliphatic heterocycles. The fourth-order valence-electron chi connectivity index (χ4n) is 2.48. The Kier molecular flexibility index (Phi) is 6.08. The summed E-state index contributed by atoms with van der Waals surface area (Å²) in [5.41, 5.74) is 1.04. The highest BCUT2D eigenvalue weighted by Gasteiger charge is 2.18. The van der Waals surface area contributed by atoms with Crippen LogP contribution in [0, 0.1) is 0 Å². The summed E-state index contributed by atoms with van der Waals surface area (Å²) >= 11 is 0. The van der Waals surface area contributed by atoms with Crippen LogP contribution in [0.1, 0.15) is 36.7 Å². The first-order valence-electron chi connectivity index (χ1n) is 7.89. The lowest BCUT2D eigenvalue weighted by Crippen LogP contribution is -2.31. The average molecular weight is 316 g/mol. The van der Waals surface area contributed by atoms with Gasteiger partial charge in [-0.05, 0) is 26.2 Å². The molecule has 0 atom stereocenters. The second-order valence-corrected chi connectivity index (χ2v) is 5.31. The van der Waals surface area contributed by atoms with Gasteiger partial charge in [0.1, 0.15) is 5.82 Å². The number of carbonyl (C=O) groups excluding carboxylic acids is 1. The van der Waals surface area contributed by atoms with Crippen LogP contribution in [0.4, 0.5) is 11.6 Å². The number of aromatic nitrogens is 2. The lowest BCUT2D eigenvalue weighted by molar-refractivity contribution is 0.0959. The predicted molar refractivity (Wildman–Crippen MR) is 93.3 cm³/mol. The van der Waals surface area contributed by atoms with Gasteiger partial charge in [0.25, 0.3) is 5.91 Å². The summed E-state index contributed by atoms with van der Waals surface area (Å²) in [5.74, 6) is 0.971. The first-order valence-corrected chi connectivity index (χ1v) is 7.89. The summed E-state index contributed by atoms with van der Waals surface area (Å²) in [7, 11) is 3.27. The van der Waals surface area contributed by atoms with E-state index in [4.69, 9.17) is 0 Å². The molecule has 1 saturated heterocycles. The summed E-state index contributed by atoms with van der Waals surface area (Å²) in [4.78, 5) is 27.2. The van der Waals surface area contributed by atoms with Gasteiger partial charge in [-0.2, -0.15) is 0 Å². The lowest BCUT2D eigenvalue weighted by atomic mass is 10.1. The van der Waals surface area contributed by atoms with Crippen molar-refractivity contribution in [1.82, 2.24) is 15.3 Å². The van der Waals surface area contributed by atoms with Crippen molar-refractivity contribution >= 4 is 23.8 Å². The van der Waals surface area contributed by atoms with Crippen molar-refractivity contribution < 1.29 is 4.79 Å². The first-order chi connectivity index (χ1) is 11.2. The van der Waals surface area contributed by atoms with E-state index in [0.717, 1.165) is 37.4 Å². The molecule has 0 aromatic carbocycles. The maximum atomic E-state index is 12.0. The fourth-order valence-corrected chi connectivity index (χ4v) is 2.48. The largest absolute Gasteiger partial charge is 0.355 e. The van der Waals surface area contributed by atoms with Gasteiger partial charge in [0.2, 0.25) is 0 Å². The Morgan fingerprint density at radius 1 is 1.35 bits per heavy atom. The summed E-state index contributed by atoms with van der Waals surface area (Å²) in [6.07, 6.45) is 8.79. The molecule has 0 saturated carbocycles. The Morgan fingerprint density at radius 2 is 2.09 bits per heavy atom. The molecule has 124 valence electrons. The van der Waals surface area contributed by atoms with Gasteiger partial charge in [-0.15, -0.1) is 0 Å². The van der Waals surface area contributed by atoms with Crippen molar-refractivity contribution in [1.29, 1.82) is 0 Å². The third-order valence-electron chi connectivity index (χ3n) is 3.72. The van der Waals surface area contributed by atoms with Gasteiger partial charge < -0.3 is 15.5 Å². The molecule has 0 bridgehead atoms. The first kappa shape index (κ1) is 16.9. The number of nitrogens with zero attached hydrogens (tertiary/aromatic N) is 4. The van der Waals surface area contributed by atoms with Crippen LogP contribution < -0.4 is 15.5 Å². The quantitative estimate of drug-likeness (QED) is 0.810. The van der Waals surface area contributed by atoms with Gasteiger partial charge >= 0.3 is 0 Å². The highest BCUT2D eigenvalue weighted by Crippen LogP contribution is 2.21. The number of piperidine rings is 1. The maximum absolute atomic E-state index is 12.0. The van der Waals surface area contributed by atoms with Gasteiger partial charge in [0.15, 0.2) is 11.5 Å². The molecule has 2 rings (SSSR count). The Labute approximate surface area is 136 Å². The molecule has 0 radical (unpaired) electrons. The molecule has 1 fully saturated rings. The zero-order chi connectivity index (χ0) is 16.7. The Hall–Kier alpha value is -2.44. The molecule has 1 aromatic heterocycles. The van der Waals surface area contributed by atoms with E-state index in [0.29, 0.717) is 5.82 Å². The molecular weight excluding hydrogens is 292 g/mol. The predicted octanol–water partition coefficient (Wildman–Crippen LogP) is 1.84. The number of anilines is 2. The van der Waals surface area contributed by atoms with E-state index in [1.54, 1.807) is 26.5 Å². The molecule has 2 heterocycles. The molecule has 0 unspecified atom stereocenters. The topological polar surface area (TPSA) is 82.5 Å². The molecule has 0 spiro atoms. The van der Waals surface area contributed by atoms with Crippen LogP contribution in [0.25, 0.3) is 0 Å². The number of aliphatic imine (C=N–C) groups is 1. The molecule has 7 heteroatoms. The molecule has 1 aromatic rings. The van der Waals surface area contributed by atoms with E-state index in [-0.39, 0.29) is 11.6 Å². The Bertz CT molecular complexity index is 605. The molecule has 7 nitrogen and oxygen atoms in total. The normalized spacial score (nSPS) is 15.8. The van der Waals surface area contributed by atoms with Crippen molar-refractivity contribution in [3.8, 4) is 0 Å². The summed E-state index contributed by atoms with van der Waals surface area (Å²) in [6, 6.07) is 0. The number of allylic oxidation sites excluding steroid dienone is 2. The van der Waals surface area contributed by atoms with Crippen LogP contribution in [0.15, 0.2) is 23.0 Å². The van der Waals surface area contributed by atoms with E-state index in [9.17, 15) is 4.79 Å². The number of hydrogen-bond acceptors (Lipinski definition) is 6. The number of carbonyl (C=O) groups is 1. The van der Waals surface area contributed by atoms with Crippen molar-refractivity contribution in [3.63, 3.8) is 0 Å². The van der Waals surface area contributed by atoms with Crippen LogP contribution in [0.3, 0.4) is 0 Å². The standard InChI is InChI=1S/C16H24N6O/c1-4-12(10-17-2)20-15-14(16(23)18-3)19-11-13(21-15)22-8-6-5-7-9-22/h4,10-11H,5-9H2,1-3H3,(H,18,23)(H,20,21)/b12-4+,17-10?. The second-order valence-electron chi connectivity index (χ2n) is 5.31. The minimum absolute atomic E-state index is 0.269. The third kappa shape index (κ3) is 4.28.